The van der Waals surface area contributed by atoms with E-state index in [1.165, 1.54) is 59.2 Å². The second kappa shape index (κ2) is 8.89. The van der Waals surface area contributed by atoms with Crippen LogP contribution in [0.1, 0.15) is 72.6 Å². The van der Waals surface area contributed by atoms with Crippen LogP contribution in [-0.4, -0.2) is 10.9 Å². The van der Waals surface area contributed by atoms with E-state index in [1.54, 1.807) is 0 Å². The van der Waals surface area contributed by atoms with Crippen LogP contribution in [0.15, 0.2) is 109 Å². The number of hydrogen-bond acceptors (Lipinski definition) is 2. The normalized spacial score (nSPS) is 27.4. The first-order chi connectivity index (χ1) is 18.2. The van der Waals surface area contributed by atoms with Gasteiger partial charge in [-0.05, 0) is 66.5 Å². The minimum absolute atomic E-state index is 0.148. The molecule has 7 rings (SSSR count). The number of benzene rings is 4. The van der Waals surface area contributed by atoms with E-state index in [2.05, 4.69) is 133 Å². The third-order valence-electron chi connectivity index (χ3n) is 9.47. The van der Waals surface area contributed by atoms with Gasteiger partial charge in [-0.1, -0.05) is 116 Å². The molecule has 1 aliphatic carbocycles. The molecule has 3 unspecified atom stereocenters. The van der Waals surface area contributed by atoms with Crippen LogP contribution in [0.5, 0.6) is 0 Å². The molecule has 1 saturated carbocycles. The number of anilines is 1. The van der Waals surface area contributed by atoms with Crippen molar-refractivity contribution >= 4 is 5.69 Å². The largest absolute Gasteiger partial charge is 0.347 e. The van der Waals surface area contributed by atoms with Crippen LogP contribution in [0.3, 0.4) is 0 Å². The topological polar surface area (TPSA) is 6.48 Å². The molecule has 2 nitrogen and oxygen atoms in total. The Bertz CT molecular complexity index is 1390. The number of fused-ring (bicyclic) bond motifs is 3. The summed E-state index contributed by atoms with van der Waals surface area (Å²) in [6.07, 6.45) is 5.37. The van der Waals surface area contributed by atoms with Crippen molar-refractivity contribution in [2.75, 3.05) is 4.90 Å². The zero-order valence-corrected chi connectivity index (χ0v) is 21.9. The first kappa shape index (κ1) is 22.8. The summed E-state index contributed by atoms with van der Waals surface area (Å²) in [5.41, 5.74) is 8.44. The van der Waals surface area contributed by atoms with Crippen molar-refractivity contribution in [3.63, 3.8) is 0 Å². The molecule has 0 N–H and O–H groups in total. The number of aryl methyl sites for hydroxylation is 1. The smallest absolute Gasteiger partial charge is 0.110 e. The Kier molecular flexibility index (Phi) is 5.48. The van der Waals surface area contributed by atoms with Gasteiger partial charge in [-0.25, -0.2) is 0 Å². The minimum atomic E-state index is -0.148. The molecular weight excluding hydrogens is 448 g/mol. The van der Waals surface area contributed by atoms with Gasteiger partial charge < -0.3 is 4.90 Å². The molecule has 0 radical (unpaired) electrons. The van der Waals surface area contributed by atoms with E-state index in [0.717, 1.165) is 0 Å². The lowest BCUT2D eigenvalue weighted by atomic mass is 9.71. The van der Waals surface area contributed by atoms with Gasteiger partial charge in [0.15, 0.2) is 0 Å². The summed E-state index contributed by atoms with van der Waals surface area (Å²) in [5.74, 6) is 0.594. The molecule has 2 heteroatoms. The molecule has 0 aromatic heterocycles. The summed E-state index contributed by atoms with van der Waals surface area (Å²) < 4.78 is 0. The van der Waals surface area contributed by atoms with E-state index in [-0.39, 0.29) is 11.7 Å². The van der Waals surface area contributed by atoms with Crippen LogP contribution < -0.4 is 4.90 Å². The van der Waals surface area contributed by atoms with Crippen molar-refractivity contribution in [1.82, 2.24) is 4.90 Å². The summed E-state index contributed by atoms with van der Waals surface area (Å²) in [6, 6.07) is 41.8. The van der Waals surface area contributed by atoms with Gasteiger partial charge in [-0.15, -0.1) is 0 Å². The molecule has 3 aliphatic rings. The van der Waals surface area contributed by atoms with Crippen molar-refractivity contribution in [2.45, 2.75) is 63.3 Å². The summed E-state index contributed by atoms with van der Waals surface area (Å²) in [6.45, 7) is 4.72. The molecule has 186 valence electrons. The molecule has 0 spiro atoms. The molecule has 37 heavy (non-hydrogen) atoms. The maximum absolute atomic E-state index is 2.95. The molecule has 2 heterocycles. The van der Waals surface area contributed by atoms with Crippen molar-refractivity contribution in [1.29, 1.82) is 0 Å². The van der Waals surface area contributed by atoms with E-state index >= 15 is 0 Å². The summed E-state index contributed by atoms with van der Waals surface area (Å²) in [4.78, 5) is 5.69. The van der Waals surface area contributed by atoms with E-state index in [0.29, 0.717) is 18.0 Å². The number of hydrogen-bond donors (Lipinski definition) is 0. The van der Waals surface area contributed by atoms with Crippen molar-refractivity contribution in [3.05, 3.63) is 137 Å². The van der Waals surface area contributed by atoms with Crippen molar-refractivity contribution in [3.8, 4) is 0 Å². The van der Waals surface area contributed by atoms with E-state index < -0.39 is 0 Å². The van der Waals surface area contributed by atoms with Crippen LogP contribution >= 0.6 is 0 Å². The first-order valence-corrected chi connectivity index (χ1v) is 14.0. The number of rotatable bonds is 4. The van der Waals surface area contributed by atoms with Gasteiger partial charge in [-0.3, -0.25) is 4.90 Å². The first-order valence-electron chi connectivity index (χ1n) is 14.0. The lowest BCUT2D eigenvalue weighted by molar-refractivity contribution is 0.0381. The maximum atomic E-state index is 2.95. The number of para-hydroxylation sites is 1. The summed E-state index contributed by atoms with van der Waals surface area (Å²) in [5, 5.41) is 0. The zero-order valence-electron chi connectivity index (χ0n) is 21.9. The molecule has 4 aromatic carbocycles. The molecule has 0 bridgehead atoms. The SMILES string of the molecule is Cc1ccccc1N1C(c2ccccc2)N2C(c3ccccc3C2(c2ccccc2)C2CCCC2)[C@@H]1C. The lowest BCUT2D eigenvalue weighted by Gasteiger charge is -2.48. The van der Waals surface area contributed by atoms with Crippen LogP contribution in [-0.2, 0) is 5.54 Å². The Hall–Kier alpha value is -3.36. The van der Waals surface area contributed by atoms with Gasteiger partial charge in [0.2, 0.25) is 0 Å². The van der Waals surface area contributed by atoms with Crippen LogP contribution in [0, 0.1) is 12.8 Å². The van der Waals surface area contributed by atoms with Crippen LogP contribution in [0.4, 0.5) is 5.69 Å². The molecule has 4 aromatic rings. The molecule has 4 atom stereocenters. The third kappa shape index (κ3) is 3.21. The second-order valence-electron chi connectivity index (χ2n) is 11.3. The monoisotopic (exact) mass is 484 g/mol. The lowest BCUT2D eigenvalue weighted by Crippen LogP contribution is -2.49. The Labute approximate surface area is 221 Å². The minimum Gasteiger partial charge on any atom is -0.347 e. The molecule has 2 aliphatic heterocycles. The highest BCUT2D eigenvalue weighted by Gasteiger charge is 2.64. The molecule has 0 amide bonds. The molecular formula is C35H36N2. The van der Waals surface area contributed by atoms with Crippen molar-refractivity contribution in [2.24, 2.45) is 5.92 Å². The fourth-order valence-corrected chi connectivity index (χ4v) is 8.11. The number of nitrogens with zero attached hydrogens (tertiary/aromatic N) is 2. The summed E-state index contributed by atoms with van der Waals surface area (Å²) >= 11 is 0. The highest BCUT2D eigenvalue weighted by atomic mass is 15.5. The predicted molar refractivity (Wildman–Crippen MR) is 153 cm³/mol. The van der Waals surface area contributed by atoms with Gasteiger partial charge >= 0.3 is 0 Å². The zero-order chi connectivity index (χ0) is 25.0. The fourth-order valence-electron chi connectivity index (χ4n) is 8.11. The summed E-state index contributed by atoms with van der Waals surface area (Å²) in [7, 11) is 0. The second-order valence-corrected chi connectivity index (χ2v) is 11.3. The van der Waals surface area contributed by atoms with Crippen molar-refractivity contribution < 1.29 is 0 Å². The van der Waals surface area contributed by atoms with E-state index in [9.17, 15) is 0 Å². The van der Waals surface area contributed by atoms with E-state index in [4.69, 9.17) is 0 Å². The highest BCUT2D eigenvalue weighted by Crippen LogP contribution is 2.65. The average Bonchev–Trinajstić information content (AvgIpc) is 3.65. The highest BCUT2D eigenvalue weighted by molar-refractivity contribution is 5.62. The third-order valence-corrected chi connectivity index (χ3v) is 9.47. The Balaban J connectivity index is 1.56. The Morgan fingerprint density at radius 1 is 0.703 bits per heavy atom. The quantitative estimate of drug-likeness (QED) is 0.287. The molecule has 1 saturated heterocycles. The fraction of sp³-hybridized carbons (Fsp3) is 0.314. The van der Waals surface area contributed by atoms with Crippen LogP contribution in [0.25, 0.3) is 0 Å². The Morgan fingerprint density at radius 2 is 1.32 bits per heavy atom. The van der Waals surface area contributed by atoms with Gasteiger partial charge in [-0.2, -0.15) is 0 Å². The average molecular weight is 485 g/mol. The molecule has 2 fully saturated rings. The van der Waals surface area contributed by atoms with Gasteiger partial charge in [0.25, 0.3) is 0 Å². The van der Waals surface area contributed by atoms with Crippen LogP contribution in [0.2, 0.25) is 0 Å². The predicted octanol–water partition coefficient (Wildman–Crippen LogP) is 8.39. The van der Waals surface area contributed by atoms with Gasteiger partial charge in [0.05, 0.1) is 11.6 Å². The van der Waals surface area contributed by atoms with E-state index in [1.807, 2.05) is 0 Å². The maximum Gasteiger partial charge on any atom is 0.110 e. The Morgan fingerprint density at radius 3 is 2.05 bits per heavy atom. The standard InChI is InChI=1S/C35H36N2/c1-25-15-9-14-24-32(25)36-26(2)33-30-22-12-13-23-31(30)35(29-20-10-11-21-29,28-18-7-4-8-19-28)37(33)34(36)27-16-5-3-6-17-27/h3-9,12-19,22-24,26,29,33-34H,10-11,20-21H2,1-2H3/t26-,33?,34?,35?/m0/s1. The van der Waals surface area contributed by atoms with Gasteiger partial charge in [0.1, 0.15) is 6.17 Å². The van der Waals surface area contributed by atoms with Gasteiger partial charge in [0, 0.05) is 11.7 Å².